The molecule has 4 rings (SSSR count). The second-order valence-corrected chi connectivity index (χ2v) is 8.67. The quantitative estimate of drug-likeness (QED) is 0.673. The first-order valence-corrected chi connectivity index (χ1v) is 11.2. The van der Waals surface area contributed by atoms with Gasteiger partial charge in [0.2, 0.25) is 5.91 Å². The Labute approximate surface area is 183 Å². The Kier molecular flexibility index (Phi) is 6.75. The third-order valence-electron chi connectivity index (χ3n) is 6.12. The van der Waals surface area contributed by atoms with E-state index in [9.17, 15) is 9.59 Å². The summed E-state index contributed by atoms with van der Waals surface area (Å²) in [5.74, 6) is 0.518. The lowest BCUT2D eigenvalue weighted by atomic mass is 9.95. The van der Waals surface area contributed by atoms with Crippen molar-refractivity contribution in [2.75, 3.05) is 11.9 Å². The van der Waals surface area contributed by atoms with Crippen LogP contribution < -0.4 is 20.7 Å². The first-order chi connectivity index (χ1) is 15.1. The summed E-state index contributed by atoms with van der Waals surface area (Å²) in [6.45, 7) is 2.91. The SMILES string of the molecule is Cc1ccc(CNC(=O)[C@@H]2COc3ccc(NC(=O)NC4CCCCC4)cc3C2)cc1. The van der Waals surface area contributed by atoms with E-state index in [1.165, 1.54) is 24.8 Å². The fourth-order valence-electron chi connectivity index (χ4n) is 4.28. The van der Waals surface area contributed by atoms with Gasteiger partial charge in [0, 0.05) is 18.3 Å². The van der Waals surface area contributed by atoms with Gasteiger partial charge in [-0.1, -0.05) is 49.1 Å². The molecule has 0 unspecified atom stereocenters. The van der Waals surface area contributed by atoms with E-state index < -0.39 is 0 Å². The van der Waals surface area contributed by atoms with Crippen LogP contribution in [0.2, 0.25) is 0 Å². The van der Waals surface area contributed by atoms with Gasteiger partial charge < -0.3 is 20.7 Å². The minimum Gasteiger partial charge on any atom is -0.492 e. The average Bonchev–Trinajstić information content (AvgIpc) is 2.78. The van der Waals surface area contributed by atoms with Crippen LogP contribution in [-0.4, -0.2) is 24.6 Å². The molecule has 1 aliphatic carbocycles. The lowest BCUT2D eigenvalue weighted by molar-refractivity contribution is -0.126. The van der Waals surface area contributed by atoms with Gasteiger partial charge in [0.15, 0.2) is 0 Å². The molecule has 2 aromatic carbocycles. The summed E-state index contributed by atoms with van der Waals surface area (Å²) in [6.07, 6.45) is 6.29. The molecule has 1 atom stereocenters. The molecule has 1 saturated carbocycles. The summed E-state index contributed by atoms with van der Waals surface area (Å²) >= 11 is 0. The van der Waals surface area contributed by atoms with Crippen LogP contribution in [0.5, 0.6) is 5.75 Å². The Balaban J connectivity index is 1.31. The number of carbonyl (C=O) groups excluding carboxylic acids is 2. The van der Waals surface area contributed by atoms with Crippen molar-refractivity contribution in [2.24, 2.45) is 5.92 Å². The molecule has 0 spiro atoms. The zero-order valence-electron chi connectivity index (χ0n) is 18.1. The van der Waals surface area contributed by atoms with Crippen molar-refractivity contribution >= 4 is 17.6 Å². The molecule has 164 valence electrons. The maximum absolute atomic E-state index is 12.7. The number of anilines is 1. The first kappa shape index (κ1) is 21.2. The molecule has 0 radical (unpaired) electrons. The molecular formula is C25H31N3O3. The largest absolute Gasteiger partial charge is 0.492 e. The van der Waals surface area contributed by atoms with Gasteiger partial charge in [-0.15, -0.1) is 0 Å². The highest BCUT2D eigenvalue weighted by Crippen LogP contribution is 2.30. The third kappa shape index (κ3) is 5.78. The van der Waals surface area contributed by atoms with Crippen LogP contribution >= 0.6 is 0 Å². The highest BCUT2D eigenvalue weighted by molar-refractivity contribution is 5.89. The minimum atomic E-state index is -0.246. The van der Waals surface area contributed by atoms with Crippen LogP contribution in [0.15, 0.2) is 42.5 Å². The maximum atomic E-state index is 12.7. The van der Waals surface area contributed by atoms with Crippen LogP contribution in [0.1, 0.15) is 48.8 Å². The summed E-state index contributed by atoms with van der Waals surface area (Å²) in [5.41, 5.74) is 3.93. The number of fused-ring (bicyclic) bond motifs is 1. The number of hydrogen-bond donors (Lipinski definition) is 3. The number of urea groups is 1. The lowest BCUT2D eigenvalue weighted by Gasteiger charge is -2.26. The molecule has 0 aromatic heterocycles. The van der Waals surface area contributed by atoms with Gasteiger partial charge >= 0.3 is 6.03 Å². The Hall–Kier alpha value is -3.02. The van der Waals surface area contributed by atoms with E-state index in [-0.39, 0.29) is 23.9 Å². The predicted molar refractivity (Wildman–Crippen MR) is 121 cm³/mol. The third-order valence-corrected chi connectivity index (χ3v) is 6.12. The first-order valence-electron chi connectivity index (χ1n) is 11.2. The monoisotopic (exact) mass is 421 g/mol. The number of carbonyl (C=O) groups is 2. The molecule has 6 heteroatoms. The molecule has 1 fully saturated rings. The second kappa shape index (κ2) is 9.86. The van der Waals surface area contributed by atoms with Crippen LogP contribution in [0.4, 0.5) is 10.5 Å². The van der Waals surface area contributed by atoms with Crippen molar-refractivity contribution in [2.45, 2.75) is 58.0 Å². The highest BCUT2D eigenvalue weighted by atomic mass is 16.5. The fourth-order valence-corrected chi connectivity index (χ4v) is 4.28. The van der Waals surface area contributed by atoms with Crippen molar-refractivity contribution in [3.8, 4) is 5.75 Å². The van der Waals surface area contributed by atoms with Crippen molar-refractivity contribution in [3.63, 3.8) is 0 Å². The second-order valence-electron chi connectivity index (χ2n) is 8.67. The van der Waals surface area contributed by atoms with Crippen molar-refractivity contribution in [1.29, 1.82) is 0 Å². The van der Waals surface area contributed by atoms with Crippen molar-refractivity contribution in [3.05, 3.63) is 59.2 Å². The predicted octanol–water partition coefficient (Wildman–Crippen LogP) is 4.32. The number of ether oxygens (including phenoxy) is 1. The van der Waals surface area contributed by atoms with Crippen molar-refractivity contribution < 1.29 is 14.3 Å². The van der Waals surface area contributed by atoms with Gasteiger partial charge in [0.25, 0.3) is 0 Å². The molecule has 6 nitrogen and oxygen atoms in total. The van der Waals surface area contributed by atoms with Crippen LogP contribution in [0, 0.1) is 12.8 Å². The van der Waals surface area contributed by atoms with E-state index in [1.54, 1.807) is 0 Å². The van der Waals surface area contributed by atoms with E-state index in [2.05, 4.69) is 16.0 Å². The molecular weight excluding hydrogens is 390 g/mol. The lowest BCUT2D eigenvalue weighted by Crippen LogP contribution is -2.39. The molecule has 0 saturated heterocycles. The average molecular weight is 422 g/mol. The zero-order chi connectivity index (χ0) is 21.6. The van der Waals surface area contributed by atoms with E-state index in [0.29, 0.717) is 19.6 Å². The van der Waals surface area contributed by atoms with Crippen LogP contribution in [-0.2, 0) is 17.8 Å². The molecule has 0 bridgehead atoms. The van der Waals surface area contributed by atoms with Gasteiger partial charge in [-0.05, 0) is 55.5 Å². The van der Waals surface area contributed by atoms with Crippen LogP contribution in [0.25, 0.3) is 0 Å². The summed E-state index contributed by atoms with van der Waals surface area (Å²) in [7, 11) is 0. The van der Waals surface area contributed by atoms with Crippen LogP contribution in [0.3, 0.4) is 0 Å². The minimum absolute atomic E-state index is 0.0142. The van der Waals surface area contributed by atoms with Gasteiger partial charge in [0.05, 0.1) is 5.92 Å². The standard InChI is InChI=1S/C25H31N3O3/c1-17-7-9-18(10-8-17)15-26-24(29)20-13-19-14-22(11-12-23(19)31-16-20)28-25(30)27-21-5-3-2-4-6-21/h7-12,14,20-21H,2-6,13,15-16H2,1H3,(H,26,29)(H2,27,28,30)/t20-/m0/s1. The number of nitrogens with one attached hydrogen (secondary N) is 3. The molecule has 2 aliphatic rings. The van der Waals surface area contributed by atoms with Gasteiger partial charge in [-0.2, -0.15) is 0 Å². The van der Waals surface area contributed by atoms with E-state index >= 15 is 0 Å². The Morgan fingerprint density at radius 1 is 1.03 bits per heavy atom. The zero-order valence-corrected chi connectivity index (χ0v) is 18.1. The van der Waals surface area contributed by atoms with E-state index in [0.717, 1.165) is 35.4 Å². The normalized spacial score (nSPS) is 18.4. The van der Waals surface area contributed by atoms with Gasteiger partial charge in [-0.25, -0.2) is 4.79 Å². The maximum Gasteiger partial charge on any atom is 0.319 e. The van der Waals surface area contributed by atoms with Gasteiger partial charge in [0.1, 0.15) is 12.4 Å². The highest BCUT2D eigenvalue weighted by Gasteiger charge is 2.26. The number of hydrogen-bond acceptors (Lipinski definition) is 3. The topological polar surface area (TPSA) is 79.5 Å². The molecule has 1 heterocycles. The number of benzene rings is 2. The van der Waals surface area contributed by atoms with E-state index in [1.807, 2.05) is 49.4 Å². The summed E-state index contributed by atoms with van der Waals surface area (Å²) in [6, 6.07) is 13.9. The van der Waals surface area contributed by atoms with E-state index in [4.69, 9.17) is 4.74 Å². The Bertz CT molecular complexity index is 920. The Morgan fingerprint density at radius 2 is 1.81 bits per heavy atom. The summed E-state index contributed by atoms with van der Waals surface area (Å²) < 4.78 is 5.82. The molecule has 1 aliphatic heterocycles. The number of amides is 3. The molecule has 31 heavy (non-hydrogen) atoms. The fraction of sp³-hybridized carbons (Fsp3) is 0.440. The number of rotatable bonds is 5. The molecule has 3 N–H and O–H groups in total. The number of aryl methyl sites for hydroxylation is 1. The summed E-state index contributed by atoms with van der Waals surface area (Å²) in [4.78, 5) is 25.0. The molecule has 2 aromatic rings. The molecule has 3 amide bonds. The smallest absolute Gasteiger partial charge is 0.319 e. The van der Waals surface area contributed by atoms with Crippen molar-refractivity contribution in [1.82, 2.24) is 10.6 Å². The summed E-state index contributed by atoms with van der Waals surface area (Å²) in [5, 5.41) is 9.01. The van der Waals surface area contributed by atoms with Gasteiger partial charge in [-0.3, -0.25) is 4.79 Å². The Morgan fingerprint density at radius 3 is 2.58 bits per heavy atom.